The normalized spacial score (nSPS) is 11.6. The molecular formula is C13H29ClN2. The van der Waals surface area contributed by atoms with E-state index in [2.05, 4.69) is 30.6 Å². The van der Waals surface area contributed by atoms with E-state index in [1.807, 2.05) is 0 Å². The van der Waals surface area contributed by atoms with Gasteiger partial charge in [-0.2, -0.15) is 0 Å². The van der Waals surface area contributed by atoms with Crippen LogP contribution in [0.1, 0.15) is 40.0 Å². The maximum atomic E-state index is 5.69. The summed E-state index contributed by atoms with van der Waals surface area (Å²) < 4.78 is 0. The van der Waals surface area contributed by atoms with Crippen molar-refractivity contribution in [2.45, 2.75) is 40.0 Å². The third-order valence-electron chi connectivity index (χ3n) is 3.15. The van der Waals surface area contributed by atoms with Gasteiger partial charge in [0, 0.05) is 5.88 Å². The fraction of sp³-hybridized carbons (Fsp3) is 1.00. The Morgan fingerprint density at radius 1 is 0.688 bits per heavy atom. The Morgan fingerprint density at radius 2 is 1.19 bits per heavy atom. The summed E-state index contributed by atoms with van der Waals surface area (Å²) in [6.07, 6.45) is 3.67. The summed E-state index contributed by atoms with van der Waals surface area (Å²) in [5, 5.41) is 0. The molecular weight excluding hydrogens is 220 g/mol. The first-order chi connectivity index (χ1) is 7.78. The predicted octanol–water partition coefficient (Wildman–Crippen LogP) is 3.06. The SMILES string of the molecule is CCN(CC)CCCN(CC)CCCCCl. The Kier molecular flexibility index (Phi) is 11.8. The van der Waals surface area contributed by atoms with Gasteiger partial charge in [0.05, 0.1) is 0 Å². The second kappa shape index (κ2) is 11.7. The van der Waals surface area contributed by atoms with Crippen LogP contribution < -0.4 is 0 Å². The van der Waals surface area contributed by atoms with Crippen molar-refractivity contribution in [3.05, 3.63) is 0 Å². The molecule has 0 aromatic carbocycles. The van der Waals surface area contributed by atoms with E-state index >= 15 is 0 Å². The molecule has 16 heavy (non-hydrogen) atoms. The minimum Gasteiger partial charge on any atom is -0.304 e. The van der Waals surface area contributed by atoms with Crippen LogP contribution in [0.5, 0.6) is 0 Å². The molecule has 0 aromatic rings. The van der Waals surface area contributed by atoms with E-state index in [-0.39, 0.29) is 0 Å². The molecule has 0 aliphatic carbocycles. The number of halogens is 1. The first kappa shape index (κ1) is 16.2. The van der Waals surface area contributed by atoms with Gasteiger partial charge in [-0.3, -0.25) is 0 Å². The molecule has 0 radical (unpaired) electrons. The lowest BCUT2D eigenvalue weighted by molar-refractivity contribution is 0.241. The second-order valence-corrected chi connectivity index (χ2v) is 4.59. The van der Waals surface area contributed by atoms with E-state index < -0.39 is 0 Å². The zero-order chi connectivity index (χ0) is 12.2. The van der Waals surface area contributed by atoms with Crippen LogP contribution in [0.3, 0.4) is 0 Å². The summed E-state index contributed by atoms with van der Waals surface area (Å²) in [7, 11) is 0. The summed E-state index contributed by atoms with van der Waals surface area (Å²) in [5.41, 5.74) is 0. The number of rotatable bonds is 11. The smallest absolute Gasteiger partial charge is 0.0223 e. The molecule has 0 amide bonds. The first-order valence-corrected chi connectivity index (χ1v) is 7.32. The average Bonchev–Trinajstić information content (AvgIpc) is 2.32. The molecule has 98 valence electrons. The minimum atomic E-state index is 0.803. The van der Waals surface area contributed by atoms with Gasteiger partial charge in [-0.25, -0.2) is 0 Å². The first-order valence-electron chi connectivity index (χ1n) is 6.79. The van der Waals surface area contributed by atoms with Crippen LogP contribution in [0.2, 0.25) is 0 Å². The summed E-state index contributed by atoms with van der Waals surface area (Å²) in [6, 6.07) is 0. The third kappa shape index (κ3) is 8.37. The van der Waals surface area contributed by atoms with Crippen molar-refractivity contribution >= 4 is 11.6 Å². The predicted molar refractivity (Wildman–Crippen MR) is 74.5 cm³/mol. The number of hydrogen-bond acceptors (Lipinski definition) is 2. The zero-order valence-corrected chi connectivity index (χ0v) is 12.1. The molecule has 0 saturated heterocycles. The molecule has 0 aliphatic heterocycles. The Balaban J connectivity index is 3.53. The maximum Gasteiger partial charge on any atom is 0.0223 e. The number of unbranched alkanes of at least 4 members (excludes halogenated alkanes) is 1. The van der Waals surface area contributed by atoms with Gasteiger partial charge >= 0.3 is 0 Å². The molecule has 0 aromatic heterocycles. The lowest BCUT2D eigenvalue weighted by Crippen LogP contribution is -2.30. The van der Waals surface area contributed by atoms with Gasteiger partial charge in [-0.15, -0.1) is 11.6 Å². The highest BCUT2D eigenvalue weighted by molar-refractivity contribution is 6.17. The Bertz CT molecular complexity index is 138. The van der Waals surface area contributed by atoms with E-state index in [0.29, 0.717) is 0 Å². The van der Waals surface area contributed by atoms with Gasteiger partial charge in [-0.05, 0) is 58.5 Å². The molecule has 2 nitrogen and oxygen atoms in total. The molecule has 0 heterocycles. The second-order valence-electron chi connectivity index (χ2n) is 4.21. The van der Waals surface area contributed by atoms with Crippen molar-refractivity contribution in [3.63, 3.8) is 0 Å². The van der Waals surface area contributed by atoms with E-state index in [1.54, 1.807) is 0 Å². The Labute approximate surface area is 107 Å². The van der Waals surface area contributed by atoms with Crippen LogP contribution in [0.15, 0.2) is 0 Å². The molecule has 0 saturated carbocycles. The highest BCUT2D eigenvalue weighted by Crippen LogP contribution is 1.99. The van der Waals surface area contributed by atoms with Crippen LogP contribution in [0.25, 0.3) is 0 Å². The molecule has 0 rings (SSSR count). The van der Waals surface area contributed by atoms with Crippen LogP contribution in [-0.4, -0.2) is 54.9 Å². The van der Waals surface area contributed by atoms with E-state index in [0.717, 1.165) is 12.3 Å². The van der Waals surface area contributed by atoms with Crippen molar-refractivity contribution in [1.29, 1.82) is 0 Å². The van der Waals surface area contributed by atoms with Crippen molar-refractivity contribution in [2.75, 3.05) is 45.1 Å². The monoisotopic (exact) mass is 248 g/mol. The number of alkyl halides is 1. The van der Waals surface area contributed by atoms with Gasteiger partial charge in [0.25, 0.3) is 0 Å². The van der Waals surface area contributed by atoms with Crippen molar-refractivity contribution in [3.8, 4) is 0 Å². The number of nitrogens with zero attached hydrogens (tertiary/aromatic N) is 2. The summed E-state index contributed by atoms with van der Waals surface area (Å²) in [4.78, 5) is 5.03. The van der Waals surface area contributed by atoms with Gasteiger partial charge in [0.2, 0.25) is 0 Å². The van der Waals surface area contributed by atoms with Crippen LogP contribution in [-0.2, 0) is 0 Å². The molecule has 0 aliphatic rings. The van der Waals surface area contributed by atoms with Gasteiger partial charge in [0.1, 0.15) is 0 Å². The van der Waals surface area contributed by atoms with Crippen molar-refractivity contribution < 1.29 is 0 Å². The van der Waals surface area contributed by atoms with E-state index in [1.165, 1.54) is 52.1 Å². The molecule has 0 N–H and O–H groups in total. The molecule has 0 unspecified atom stereocenters. The Morgan fingerprint density at radius 3 is 1.69 bits per heavy atom. The summed E-state index contributed by atoms with van der Waals surface area (Å²) in [5.74, 6) is 0.803. The topological polar surface area (TPSA) is 6.48 Å². The van der Waals surface area contributed by atoms with Crippen molar-refractivity contribution in [1.82, 2.24) is 9.80 Å². The van der Waals surface area contributed by atoms with Gasteiger partial charge in [-0.1, -0.05) is 20.8 Å². The average molecular weight is 249 g/mol. The Hall–Kier alpha value is 0.210. The fourth-order valence-corrected chi connectivity index (χ4v) is 2.10. The minimum absolute atomic E-state index is 0.803. The standard InChI is InChI=1S/C13H29ClN2/c1-4-15(5-2)12-9-13-16(6-3)11-8-7-10-14/h4-13H2,1-3H3. The lowest BCUT2D eigenvalue weighted by atomic mass is 10.3. The maximum absolute atomic E-state index is 5.69. The van der Waals surface area contributed by atoms with Crippen LogP contribution in [0, 0.1) is 0 Å². The zero-order valence-electron chi connectivity index (χ0n) is 11.3. The van der Waals surface area contributed by atoms with Crippen LogP contribution >= 0.6 is 11.6 Å². The molecule has 0 fully saturated rings. The summed E-state index contributed by atoms with van der Waals surface area (Å²) in [6.45, 7) is 13.9. The van der Waals surface area contributed by atoms with Gasteiger partial charge < -0.3 is 9.80 Å². The van der Waals surface area contributed by atoms with Crippen LogP contribution in [0.4, 0.5) is 0 Å². The molecule has 3 heteroatoms. The third-order valence-corrected chi connectivity index (χ3v) is 3.42. The highest BCUT2D eigenvalue weighted by atomic mass is 35.5. The molecule has 0 atom stereocenters. The molecule has 0 spiro atoms. The fourth-order valence-electron chi connectivity index (χ4n) is 1.92. The van der Waals surface area contributed by atoms with E-state index in [4.69, 9.17) is 11.6 Å². The molecule has 0 bridgehead atoms. The number of hydrogen-bond donors (Lipinski definition) is 0. The van der Waals surface area contributed by atoms with Gasteiger partial charge in [0.15, 0.2) is 0 Å². The highest BCUT2D eigenvalue weighted by Gasteiger charge is 2.03. The van der Waals surface area contributed by atoms with Crippen molar-refractivity contribution in [2.24, 2.45) is 0 Å². The summed E-state index contributed by atoms with van der Waals surface area (Å²) >= 11 is 5.69. The lowest BCUT2D eigenvalue weighted by Gasteiger charge is -2.23. The largest absolute Gasteiger partial charge is 0.304 e. The quantitative estimate of drug-likeness (QED) is 0.410. The van der Waals surface area contributed by atoms with E-state index in [9.17, 15) is 0 Å².